The van der Waals surface area contributed by atoms with E-state index in [2.05, 4.69) is 5.10 Å². The van der Waals surface area contributed by atoms with Gasteiger partial charge in [-0.3, -0.25) is 9.48 Å². The summed E-state index contributed by atoms with van der Waals surface area (Å²) in [6.45, 7) is 0.779. The summed E-state index contributed by atoms with van der Waals surface area (Å²) in [6, 6.07) is 7.96. The van der Waals surface area contributed by atoms with Crippen LogP contribution in [0.3, 0.4) is 0 Å². The third-order valence-corrected chi connectivity index (χ3v) is 4.65. The fraction of sp³-hybridized carbons (Fsp3) is 0.368. The van der Waals surface area contributed by atoms with Gasteiger partial charge < -0.3 is 4.74 Å². The van der Waals surface area contributed by atoms with E-state index in [9.17, 15) is 4.79 Å². The first kappa shape index (κ1) is 14.2. The quantitative estimate of drug-likeness (QED) is 0.813. The molecule has 2 aromatic rings. The van der Waals surface area contributed by atoms with Crippen molar-refractivity contribution in [1.82, 2.24) is 9.78 Å². The molecule has 4 rings (SSSR count). The Kier molecular flexibility index (Phi) is 3.52. The summed E-state index contributed by atoms with van der Waals surface area (Å²) in [5.74, 6) is 1.68. The number of allylic oxidation sites excluding steroid dienone is 1. The highest BCUT2D eigenvalue weighted by atomic mass is 16.5. The number of benzene rings is 1. The van der Waals surface area contributed by atoms with Gasteiger partial charge in [-0.05, 0) is 43.7 Å². The summed E-state index contributed by atoms with van der Waals surface area (Å²) < 4.78 is 7.74. The van der Waals surface area contributed by atoms with Gasteiger partial charge in [-0.1, -0.05) is 18.2 Å². The van der Waals surface area contributed by atoms with Crippen molar-refractivity contribution in [1.29, 1.82) is 0 Å². The number of para-hydroxylation sites is 1. The second kappa shape index (κ2) is 5.69. The molecule has 23 heavy (non-hydrogen) atoms. The van der Waals surface area contributed by atoms with Crippen LogP contribution in [0, 0.1) is 5.92 Å². The van der Waals surface area contributed by atoms with Gasteiger partial charge in [0.2, 0.25) is 0 Å². The molecular formula is C19H20N2O2. The van der Waals surface area contributed by atoms with Crippen LogP contribution in [0.4, 0.5) is 0 Å². The molecule has 0 N–H and O–H groups in total. The van der Waals surface area contributed by atoms with Crippen LogP contribution in [0.15, 0.2) is 36.0 Å². The number of ketones is 1. The van der Waals surface area contributed by atoms with Crippen molar-refractivity contribution in [2.45, 2.75) is 25.7 Å². The minimum atomic E-state index is 0.0938. The van der Waals surface area contributed by atoms with Gasteiger partial charge in [0.1, 0.15) is 5.75 Å². The highest BCUT2D eigenvalue weighted by Gasteiger charge is 2.25. The van der Waals surface area contributed by atoms with Crippen molar-refractivity contribution in [3.8, 4) is 5.75 Å². The van der Waals surface area contributed by atoms with Crippen LogP contribution in [0.5, 0.6) is 5.75 Å². The molecule has 4 heteroatoms. The van der Waals surface area contributed by atoms with Gasteiger partial charge in [-0.25, -0.2) is 0 Å². The Hall–Kier alpha value is -2.36. The second-order valence-corrected chi connectivity index (χ2v) is 6.42. The summed E-state index contributed by atoms with van der Waals surface area (Å²) in [6.07, 6.45) is 7.81. The molecule has 4 nitrogen and oxygen atoms in total. The van der Waals surface area contributed by atoms with Crippen molar-refractivity contribution in [3.63, 3.8) is 0 Å². The Morgan fingerprint density at radius 3 is 2.96 bits per heavy atom. The van der Waals surface area contributed by atoms with Crippen LogP contribution in [-0.2, 0) is 13.5 Å². The molecule has 0 aliphatic heterocycles. The SMILES string of the molecule is Cn1ncc2c1CC/C(=C/c1ccccc1OCC1CC1)C2=O. The molecule has 1 heterocycles. The first-order chi connectivity index (χ1) is 11.2. The number of fused-ring (bicyclic) bond motifs is 1. The van der Waals surface area contributed by atoms with Gasteiger partial charge in [0.05, 0.1) is 18.4 Å². The lowest BCUT2D eigenvalue weighted by Gasteiger charge is -2.15. The number of aryl methyl sites for hydroxylation is 1. The Morgan fingerprint density at radius 1 is 1.30 bits per heavy atom. The van der Waals surface area contributed by atoms with Gasteiger partial charge in [-0.15, -0.1) is 0 Å². The van der Waals surface area contributed by atoms with Crippen LogP contribution in [0.25, 0.3) is 6.08 Å². The van der Waals surface area contributed by atoms with Crippen molar-refractivity contribution >= 4 is 11.9 Å². The van der Waals surface area contributed by atoms with Crippen molar-refractivity contribution in [2.75, 3.05) is 6.61 Å². The lowest BCUT2D eigenvalue weighted by Crippen LogP contribution is -2.15. The third kappa shape index (κ3) is 2.81. The van der Waals surface area contributed by atoms with Crippen LogP contribution in [0.2, 0.25) is 0 Å². The van der Waals surface area contributed by atoms with Gasteiger partial charge in [-0.2, -0.15) is 5.10 Å². The van der Waals surface area contributed by atoms with Gasteiger partial charge in [0, 0.05) is 23.9 Å². The van der Waals surface area contributed by atoms with Crippen molar-refractivity contribution in [2.24, 2.45) is 13.0 Å². The average molecular weight is 308 g/mol. The van der Waals surface area contributed by atoms with Crippen LogP contribution < -0.4 is 4.74 Å². The molecule has 2 aliphatic rings. The first-order valence-corrected chi connectivity index (χ1v) is 8.20. The summed E-state index contributed by atoms with van der Waals surface area (Å²) in [7, 11) is 1.89. The number of aromatic nitrogens is 2. The number of hydrogen-bond donors (Lipinski definition) is 0. The number of carbonyl (C=O) groups excluding carboxylic acids is 1. The topological polar surface area (TPSA) is 44.1 Å². The summed E-state index contributed by atoms with van der Waals surface area (Å²) in [4.78, 5) is 12.7. The molecule has 0 spiro atoms. The van der Waals surface area contributed by atoms with Gasteiger partial charge in [0.15, 0.2) is 5.78 Å². The molecule has 118 valence electrons. The second-order valence-electron chi connectivity index (χ2n) is 6.42. The molecule has 1 aromatic heterocycles. The summed E-state index contributed by atoms with van der Waals surface area (Å²) >= 11 is 0. The monoisotopic (exact) mass is 308 g/mol. The molecule has 1 fully saturated rings. The Morgan fingerprint density at radius 2 is 2.13 bits per heavy atom. The fourth-order valence-corrected chi connectivity index (χ4v) is 3.04. The third-order valence-electron chi connectivity index (χ3n) is 4.65. The molecular weight excluding hydrogens is 288 g/mol. The number of hydrogen-bond acceptors (Lipinski definition) is 3. The van der Waals surface area contributed by atoms with Gasteiger partial charge >= 0.3 is 0 Å². The number of rotatable bonds is 4. The van der Waals surface area contributed by atoms with E-state index in [-0.39, 0.29) is 5.78 Å². The molecule has 0 bridgehead atoms. The Labute approximate surface area is 135 Å². The standard InChI is InChI=1S/C19H20N2O2/c1-21-17-9-8-15(19(22)16(17)11-20-21)10-14-4-2-3-5-18(14)23-12-13-6-7-13/h2-5,10-11,13H,6-9,12H2,1H3/b15-10-. The van der Waals surface area contributed by atoms with E-state index in [0.717, 1.165) is 47.6 Å². The Balaban J connectivity index is 1.61. The molecule has 0 saturated heterocycles. The maximum atomic E-state index is 12.7. The van der Waals surface area contributed by atoms with Crippen molar-refractivity contribution in [3.05, 3.63) is 52.9 Å². The molecule has 2 aliphatic carbocycles. The Bertz CT molecular complexity index is 784. The highest BCUT2D eigenvalue weighted by molar-refractivity contribution is 6.13. The number of Topliss-reactive ketones (excluding diaryl/α,β-unsaturated/α-hetero) is 1. The van der Waals surface area contributed by atoms with Crippen LogP contribution in [-0.4, -0.2) is 22.2 Å². The molecule has 0 unspecified atom stereocenters. The van der Waals surface area contributed by atoms with E-state index in [1.807, 2.05) is 37.4 Å². The lowest BCUT2D eigenvalue weighted by atomic mass is 9.90. The smallest absolute Gasteiger partial charge is 0.192 e. The predicted octanol–water partition coefficient (Wildman–Crippen LogP) is 3.42. The minimum absolute atomic E-state index is 0.0938. The van der Waals surface area contributed by atoms with Crippen molar-refractivity contribution < 1.29 is 9.53 Å². The fourth-order valence-electron chi connectivity index (χ4n) is 3.04. The number of carbonyl (C=O) groups is 1. The van der Waals surface area contributed by atoms with Crippen LogP contribution in [0.1, 0.15) is 40.9 Å². The number of ether oxygens (including phenoxy) is 1. The van der Waals surface area contributed by atoms with E-state index < -0.39 is 0 Å². The van der Waals surface area contributed by atoms with E-state index >= 15 is 0 Å². The average Bonchev–Trinajstić information content (AvgIpc) is 3.32. The minimum Gasteiger partial charge on any atom is -0.493 e. The molecule has 1 aromatic carbocycles. The van der Waals surface area contributed by atoms with Crippen LogP contribution >= 0.6 is 0 Å². The maximum absolute atomic E-state index is 12.7. The molecule has 0 radical (unpaired) electrons. The zero-order chi connectivity index (χ0) is 15.8. The zero-order valence-corrected chi connectivity index (χ0v) is 13.3. The maximum Gasteiger partial charge on any atom is 0.192 e. The predicted molar refractivity (Wildman–Crippen MR) is 88.5 cm³/mol. The number of nitrogens with zero attached hydrogens (tertiary/aromatic N) is 2. The normalized spacial score (nSPS) is 19.0. The van der Waals surface area contributed by atoms with E-state index in [0.29, 0.717) is 5.92 Å². The zero-order valence-electron chi connectivity index (χ0n) is 13.3. The largest absolute Gasteiger partial charge is 0.493 e. The molecule has 1 saturated carbocycles. The van der Waals surface area contributed by atoms with E-state index in [1.165, 1.54) is 12.8 Å². The summed E-state index contributed by atoms with van der Waals surface area (Å²) in [5, 5.41) is 4.21. The van der Waals surface area contributed by atoms with E-state index in [4.69, 9.17) is 4.74 Å². The molecule has 0 amide bonds. The van der Waals surface area contributed by atoms with Gasteiger partial charge in [0.25, 0.3) is 0 Å². The lowest BCUT2D eigenvalue weighted by molar-refractivity contribution is 0.102. The van der Waals surface area contributed by atoms with E-state index in [1.54, 1.807) is 10.9 Å². The molecule has 0 atom stereocenters. The first-order valence-electron chi connectivity index (χ1n) is 8.20. The highest BCUT2D eigenvalue weighted by Crippen LogP contribution is 2.32. The summed E-state index contributed by atoms with van der Waals surface area (Å²) in [5.41, 5.74) is 3.60.